The SMILES string of the molecule is CC(C)(O)[C@@H]1C(=O)N2C(C(=O)O)=C(Sc3cccnc3)C[C@H]12. The van der Waals surface area contributed by atoms with Crippen molar-refractivity contribution in [1.82, 2.24) is 9.88 Å². The molecule has 2 N–H and O–H groups in total. The number of rotatable bonds is 4. The van der Waals surface area contributed by atoms with Crippen LogP contribution in [0.1, 0.15) is 20.3 Å². The normalized spacial score (nSPS) is 24.3. The molecule has 2 aliphatic heterocycles. The van der Waals surface area contributed by atoms with Gasteiger partial charge < -0.3 is 15.1 Å². The Labute approximate surface area is 131 Å². The van der Waals surface area contributed by atoms with E-state index < -0.39 is 17.5 Å². The second-order valence-electron chi connectivity index (χ2n) is 5.98. The first-order valence-electron chi connectivity index (χ1n) is 6.90. The molecule has 1 aromatic rings. The molecule has 2 atom stereocenters. The molecule has 0 saturated carbocycles. The first-order chi connectivity index (χ1) is 10.3. The van der Waals surface area contributed by atoms with Gasteiger partial charge in [-0.15, -0.1) is 0 Å². The lowest BCUT2D eigenvalue weighted by Crippen LogP contribution is -2.65. The summed E-state index contributed by atoms with van der Waals surface area (Å²) < 4.78 is 0. The van der Waals surface area contributed by atoms with E-state index in [2.05, 4.69) is 4.98 Å². The Hall–Kier alpha value is -1.86. The molecule has 22 heavy (non-hydrogen) atoms. The third-order valence-electron chi connectivity index (χ3n) is 3.96. The molecular weight excluding hydrogens is 304 g/mol. The van der Waals surface area contributed by atoms with Gasteiger partial charge in [0.25, 0.3) is 0 Å². The third kappa shape index (κ3) is 2.30. The highest BCUT2D eigenvalue weighted by Crippen LogP contribution is 2.50. The Morgan fingerprint density at radius 2 is 2.23 bits per heavy atom. The number of carbonyl (C=O) groups excluding carboxylic acids is 1. The van der Waals surface area contributed by atoms with Gasteiger partial charge in [-0.05, 0) is 26.0 Å². The highest BCUT2D eigenvalue weighted by atomic mass is 32.2. The number of β-lactam (4-membered cyclic amide) rings is 1. The first-order valence-corrected chi connectivity index (χ1v) is 7.72. The number of hydrogen-bond acceptors (Lipinski definition) is 5. The monoisotopic (exact) mass is 320 g/mol. The minimum Gasteiger partial charge on any atom is -0.477 e. The van der Waals surface area contributed by atoms with E-state index in [0.717, 1.165) is 4.90 Å². The second kappa shape index (κ2) is 5.10. The maximum absolute atomic E-state index is 12.2. The molecular formula is C15H16N2O4S. The number of aliphatic hydroxyl groups is 1. The van der Waals surface area contributed by atoms with Gasteiger partial charge in [-0.3, -0.25) is 9.78 Å². The van der Waals surface area contributed by atoms with E-state index in [1.165, 1.54) is 16.7 Å². The van der Waals surface area contributed by atoms with Gasteiger partial charge in [-0.2, -0.15) is 0 Å². The van der Waals surface area contributed by atoms with Crippen molar-refractivity contribution in [3.05, 3.63) is 35.1 Å². The summed E-state index contributed by atoms with van der Waals surface area (Å²) >= 11 is 1.31. The zero-order valence-corrected chi connectivity index (χ0v) is 13.0. The number of fused-ring (bicyclic) bond motifs is 1. The van der Waals surface area contributed by atoms with Crippen LogP contribution in [0, 0.1) is 5.92 Å². The number of aliphatic carboxylic acids is 1. The van der Waals surface area contributed by atoms with Crippen LogP contribution < -0.4 is 0 Å². The first kappa shape index (κ1) is 15.1. The maximum atomic E-state index is 12.2. The summed E-state index contributed by atoms with van der Waals surface area (Å²) in [5.41, 5.74) is -1.12. The van der Waals surface area contributed by atoms with E-state index >= 15 is 0 Å². The number of hydrogen-bond donors (Lipinski definition) is 2. The largest absolute Gasteiger partial charge is 0.477 e. The van der Waals surface area contributed by atoms with Crippen LogP contribution in [0.2, 0.25) is 0 Å². The molecule has 1 saturated heterocycles. The summed E-state index contributed by atoms with van der Waals surface area (Å²) in [6.45, 7) is 3.17. The second-order valence-corrected chi connectivity index (χ2v) is 7.15. The van der Waals surface area contributed by atoms with Crippen LogP contribution in [0.5, 0.6) is 0 Å². The molecule has 0 unspecified atom stereocenters. The zero-order chi connectivity index (χ0) is 16.1. The average Bonchev–Trinajstić information content (AvgIpc) is 2.72. The van der Waals surface area contributed by atoms with Crippen molar-refractivity contribution < 1.29 is 19.8 Å². The van der Waals surface area contributed by atoms with Crippen molar-refractivity contribution in [3.63, 3.8) is 0 Å². The van der Waals surface area contributed by atoms with Crippen LogP contribution in [0.4, 0.5) is 0 Å². The van der Waals surface area contributed by atoms with E-state index in [4.69, 9.17) is 0 Å². The zero-order valence-electron chi connectivity index (χ0n) is 12.2. The van der Waals surface area contributed by atoms with E-state index in [9.17, 15) is 19.8 Å². The molecule has 0 radical (unpaired) electrons. The molecule has 1 aromatic heterocycles. The number of amides is 1. The number of carbonyl (C=O) groups is 2. The van der Waals surface area contributed by atoms with Gasteiger partial charge in [0.15, 0.2) is 0 Å². The third-order valence-corrected chi connectivity index (χ3v) is 5.04. The fourth-order valence-electron chi connectivity index (χ4n) is 3.09. The van der Waals surface area contributed by atoms with Gasteiger partial charge in [0, 0.05) is 28.6 Å². The molecule has 116 valence electrons. The van der Waals surface area contributed by atoms with E-state index in [-0.39, 0.29) is 17.6 Å². The lowest BCUT2D eigenvalue weighted by molar-refractivity contribution is -0.169. The molecule has 6 nitrogen and oxygen atoms in total. The van der Waals surface area contributed by atoms with E-state index in [1.807, 2.05) is 6.07 Å². The smallest absolute Gasteiger partial charge is 0.353 e. The van der Waals surface area contributed by atoms with Crippen molar-refractivity contribution in [1.29, 1.82) is 0 Å². The molecule has 0 aromatic carbocycles. The number of pyridine rings is 1. The van der Waals surface area contributed by atoms with Crippen LogP contribution in [-0.4, -0.2) is 43.6 Å². The average molecular weight is 320 g/mol. The summed E-state index contributed by atoms with van der Waals surface area (Å²) in [5.74, 6) is -2.00. The lowest BCUT2D eigenvalue weighted by atomic mass is 9.76. The van der Waals surface area contributed by atoms with E-state index in [1.54, 1.807) is 32.3 Å². The van der Waals surface area contributed by atoms with Crippen molar-refractivity contribution in [2.45, 2.75) is 36.8 Å². The molecule has 1 amide bonds. The van der Waals surface area contributed by atoms with Crippen LogP contribution >= 0.6 is 11.8 Å². The highest BCUT2D eigenvalue weighted by Gasteiger charge is 2.59. The minimum absolute atomic E-state index is 0.0318. The van der Waals surface area contributed by atoms with E-state index in [0.29, 0.717) is 11.3 Å². The maximum Gasteiger partial charge on any atom is 0.353 e. The Morgan fingerprint density at radius 3 is 2.77 bits per heavy atom. The van der Waals surface area contributed by atoms with Gasteiger partial charge in [0.2, 0.25) is 5.91 Å². The van der Waals surface area contributed by atoms with Crippen molar-refractivity contribution in [3.8, 4) is 0 Å². The Balaban J connectivity index is 1.91. The predicted octanol–water partition coefficient (Wildman–Crippen LogP) is 1.47. The summed E-state index contributed by atoms with van der Waals surface area (Å²) in [6.07, 6.45) is 3.75. The van der Waals surface area contributed by atoms with Crippen LogP contribution in [-0.2, 0) is 9.59 Å². The number of nitrogens with zero attached hydrogens (tertiary/aromatic N) is 2. The minimum atomic E-state index is -1.16. The molecule has 2 aliphatic rings. The molecule has 1 fully saturated rings. The predicted molar refractivity (Wildman–Crippen MR) is 79.8 cm³/mol. The summed E-state index contributed by atoms with van der Waals surface area (Å²) in [5, 5.41) is 19.6. The van der Waals surface area contributed by atoms with Gasteiger partial charge in [0.05, 0.1) is 17.6 Å². The summed E-state index contributed by atoms with van der Waals surface area (Å²) in [7, 11) is 0. The molecule has 3 rings (SSSR count). The highest BCUT2D eigenvalue weighted by molar-refractivity contribution is 8.03. The molecule has 0 spiro atoms. The number of carboxylic acid groups (broad SMARTS) is 1. The Morgan fingerprint density at radius 1 is 1.50 bits per heavy atom. The molecule has 7 heteroatoms. The Bertz CT molecular complexity index is 666. The summed E-state index contributed by atoms with van der Waals surface area (Å²) in [4.78, 5) is 30.6. The quantitative estimate of drug-likeness (QED) is 0.817. The fourth-order valence-corrected chi connectivity index (χ4v) is 4.17. The van der Waals surface area contributed by atoms with Crippen molar-refractivity contribution >= 4 is 23.6 Å². The van der Waals surface area contributed by atoms with Crippen LogP contribution in [0.25, 0.3) is 0 Å². The van der Waals surface area contributed by atoms with Crippen molar-refractivity contribution in [2.24, 2.45) is 5.92 Å². The van der Waals surface area contributed by atoms with Gasteiger partial charge in [-0.25, -0.2) is 4.79 Å². The molecule has 3 heterocycles. The van der Waals surface area contributed by atoms with Crippen LogP contribution in [0.15, 0.2) is 40.0 Å². The molecule has 0 aliphatic carbocycles. The van der Waals surface area contributed by atoms with Gasteiger partial charge >= 0.3 is 5.97 Å². The molecule has 0 bridgehead atoms. The number of carboxylic acids is 1. The summed E-state index contributed by atoms with van der Waals surface area (Å²) in [6, 6.07) is 3.34. The lowest BCUT2D eigenvalue weighted by Gasteiger charge is -2.48. The Kier molecular flexibility index (Phi) is 3.49. The topological polar surface area (TPSA) is 90.7 Å². The number of thioether (sulfide) groups is 1. The number of aromatic nitrogens is 1. The van der Waals surface area contributed by atoms with Gasteiger partial charge in [-0.1, -0.05) is 11.8 Å². The van der Waals surface area contributed by atoms with Crippen LogP contribution in [0.3, 0.4) is 0 Å². The van der Waals surface area contributed by atoms with Gasteiger partial charge in [0.1, 0.15) is 5.70 Å². The standard InChI is InChI=1S/C15H16N2O4S/c1-15(2,21)11-9-6-10(22-8-4-3-5-16-7-8)12(14(19)20)17(9)13(11)18/h3-5,7,9,11,21H,6H2,1-2H3,(H,19,20)/t9-,11+/m1/s1. The fraction of sp³-hybridized carbons (Fsp3) is 0.400. The van der Waals surface area contributed by atoms with Crippen molar-refractivity contribution in [2.75, 3.05) is 0 Å².